The van der Waals surface area contributed by atoms with Gasteiger partial charge in [0.25, 0.3) is 0 Å². The Labute approximate surface area is 82.8 Å². The summed E-state index contributed by atoms with van der Waals surface area (Å²) in [4.78, 5) is 20.5. The van der Waals surface area contributed by atoms with Crippen LogP contribution in [0.15, 0.2) is 5.10 Å². The molecule has 0 radical (unpaired) electrons. The summed E-state index contributed by atoms with van der Waals surface area (Å²) in [5, 5.41) is 3.14. The van der Waals surface area contributed by atoms with E-state index < -0.39 is 15.6 Å². The number of carbonyl (C=O) groups excluding carboxylic acids is 2. The summed E-state index contributed by atoms with van der Waals surface area (Å²) in [5.41, 5.74) is 6.30. The highest BCUT2D eigenvalue weighted by atomic mass is 35.6. The number of alkyl halides is 3. The van der Waals surface area contributed by atoms with Crippen molar-refractivity contribution in [2.45, 2.75) is 3.79 Å². The number of carbonyl (C=O) groups is 2. The monoisotopic (exact) mass is 231 g/mol. The minimum absolute atomic E-state index is 0.818. The van der Waals surface area contributed by atoms with Gasteiger partial charge >= 0.3 is 11.8 Å². The van der Waals surface area contributed by atoms with Gasteiger partial charge in [-0.05, 0) is 0 Å². The Morgan fingerprint density at radius 2 is 1.92 bits per heavy atom. The molecule has 3 N–H and O–H groups in total. The Morgan fingerprint density at radius 1 is 1.42 bits per heavy atom. The molecular weight excluding hydrogens is 228 g/mol. The van der Waals surface area contributed by atoms with Gasteiger partial charge in [0.05, 0.1) is 6.21 Å². The summed E-state index contributed by atoms with van der Waals surface area (Å²) >= 11 is 15.6. The third-order valence-corrected chi connectivity index (χ3v) is 0.894. The van der Waals surface area contributed by atoms with Crippen LogP contribution in [-0.4, -0.2) is 21.8 Å². The fourth-order valence-corrected chi connectivity index (χ4v) is 0.366. The smallest absolute Gasteiger partial charge is 0.329 e. The lowest BCUT2D eigenvalue weighted by atomic mass is 10.6. The molecule has 0 aromatic carbocycles. The first-order valence-electron chi connectivity index (χ1n) is 2.53. The number of nitrogens with two attached hydrogens (primary N) is 1. The highest BCUT2D eigenvalue weighted by Crippen LogP contribution is 2.22. The van der Waals surface area contributed by atoms with Crippen LogP contribution in [0.3, 0.4) is 0 Å². The zero-order chi connectivity index (χ0) is 9.78. The van der Waals surface area contributed by atoms with Crippen molar-refractivity contribution < 1.29 is 9.59 Å². The van der Waals surface area contributed by atoms with Crippen LogP contribution in [0.5, 0.6) is 0 Å². The molecule has 0 saturated heterocycles. The van der Waals surface area contributed by atoms with Crippen molar-refractivity contribution in [2.75, 3.05) is 0 Å². The first kappa shape index (κ1) is 11.5. The number of hydrazone groups is 1. The molecule has 68 valence electrons. The third kappa shape index (κ3) is 6.21. The number of nitrogens with zero attached hydrogens (tertiary/aromatic N) is 1. The molecule has 5 nitrogen and oxygen atoms in total. The van der Waals surface area contributed by atoms with Crippen LogP contribution in [0, 0.1) is 0 Å². The molecule has 0 rings (SSSR count). The van der Waals surface area contributed by atoms with E-state index in [-0.39, 0.29) is 0 Å². The lowest BCUT2D eigenvalue weighted by molar-refractivity contribution is -0.137. The van der Waals surface area contributed by atoms with E-state index in [0.29, 0.717) is 0 Å². The van der Waals surface area contributed by atoms with Gasteiger partial charge in [0, 0.05) is 0 Å². The molecule has 0 atom stereocenters. The Bertz CT molecular complexity index is 222. The van der Waals surface area contributed by atoms with Gasteiger partial charge in [-0.15, -0.1) is 0 Å². The third-order valence-electron chi connectivity index (χ3n) is 0.601. The molecule has 8 heteroatoms. The Hall–Kier alpha value is -0.520. The molecule has 0 bridgehead atoms. The second-order valence-corrected chi connectivity index (χ2v) is 3.97. The van der Waals surface area contributed by atoms with Crippen LogP contribution in [0.25, 0.3) is 0 Å². The zero-order valence-electron chi connectivity index (χ0n) is 5.55. The second kappa shape index (κ2) is 4.49. The maximum Gasteiger partial charge on any atom is 0.329 e. The molecule has 0 aromatic rings. The number of nitrogens with one attached hydrogen (secondary N) is 1. The normalized spacial score (nSPS) is 11.6. The lowest BCUT2D eigenvalue weighted by Crippen LogP contribution is -2.33. The number of amides is 2. The maximum absolute atomic E-state index is 10.4. The molecule has 0 saturated carbocycles. The Kier molecular flexibility index (Phi) is 4.30. The van der Waals surface area contributed by atoms with Gasteiger partial charge in [0.15, 0.2) is 0 Å². The predicted octanol–water partition coefficient (Wildman–Crippen LogP) is -0.0561. The number of hydrogen-bond acceptors (Lipinski definition) is 3. The van der Waals surface area contributed by atoms with Crippen molar-refractivity contribution in [3.63, 3.8) is 0 Å². The minimum Gasteiger partial charge on any atom is -0.361 e. The topological polar surface area (TPSA) is 84.5 Å². The molecule has 2 amide bonds. The number of rotatable bonds is 1. The highest BCUT2D eigenvalue weighted by molar-refractivity contribution is 6.74. The van der Waals surface area contributed by atoms with E-state index in [1.165, 1.54) is 0 Å². The van der Waals surface area contributed by atoms with E-state index >= 15 is 0 Å². The lowest BCUT2D eigenvalue weighted by Gasteiger charge is -2.00. The van der Waals surface area contributed by atoms with E-state index in [1.807, 2.05) is 0 Å². The number of halogens is 3. The fourth-order valence-electron chi connectivity index (χ4n) is 0.219. The molecule has 0 fully saturated rings. The van der Waals surface area contributed by atoms with Crippen molar-refractivity contribution in [2.24, 2.45) is 10.8 Å². The van der Waals surface area contributed by atoms with Crippen LogP contribution < -0.4 is 11.2 Å². The highest BCUT2D eigenvalue weighted by Gasteiger charge is 2.16. The average molecular weight is 232 g/mol. The van der Waals surface area contributed by atoms with Crippen LogP contribution >= 0.6 is 34.8 Å². The summed E-state index contributed by atoms with van der Waals surface area (Å²) in [6.45, 7) is 0. The quantitative estimate of drug-likeness (QED) is 0.287. The van der Waals surface area contributed by atoms with Gasteiger partial charge in [-0.25, -0.2) is 5.43 Å². The van der Waals surface area contributed by atoms with E-state index in [1.54, 1.807) is 5.43 Å². The van der Waals surface area contributed by atoms with E-state index in [2.05, 4.69) is 10.8 Å². The fraction of sp³-hybridized carbons (Fsp3) is 0.250. The maximum atomic E-state index is 10.4. The SMILES string of the molecule is NC(=O)C(=O)NN=CC(Cl)(Cl)Cl. The molecule has 0 aliphatic heterocycles. The van der Waals surface area contributed by atoms with Crippen LogP contribution in [-0.2, 0) is 9.59 Å². The van der Waals surface area contributed by atoms with Gasteiger partial charge in [0.2, 0.25) is 3.79 Å². The second-order valence-electron chi connectivity index (χ2n) is 1.60. The predicted molar refractivity (Wildman–Crippen MR) is 46.1 cm³/mol. The molecular formula is C4H4Cl3N3O2. The van der Waals surface area contributed by atoms with Crippen molar-refractivity contribution in [3.05, 3.63) is 0 Å². The first-order chi connectivity index (χ1) is 5.33. The summed E-state index contributed by atoms with van der Waals surface area (Å²) in [6.07, 6.45) is 0.818. The summed E-state index contributed by atoms with van der Waals surface area (Å²) < 4.78 is -1.72. The molecule has 12 heavy (non-hydrogen) atoms. The molecule has 0 aliphatic rings. The average Bonchev–Trinajstić information content (AvgIpc) is 1.84. The summed E-state index contributed by atoms with van der Waals surface area (Å²) in [7, 11) is 0. The van der Waals surface area contributed by atoms with Crippen LogP contribution in [0.2, 0.25) is 0 Å². The van der Waals surface area contributed by atoms with E-state index in [9.17, 15) is 9.59 Å². The Morgan fingerprint density at radius 3 is 2.25 bits per heavy atom. The van der Waals surface area contributed by atoms with E-state index in [0.717, 1.165) is 6.21 Å². The molecule has 0 aliphatic carbocycles. The minimum atomic E-state index is -1.72. The zero-order valence-corrected chi connectivity index (χ0v) is 7.82. The van der Waals surface area contributed by atoms with E-state index in [4.69, 9.17) is 34.8 Å². The molecule has 0 heterocycles. The van der Waals surface area contributed by atoms with Crippen molar-refractivity contribution in [3.8, 4) is 0 Å². The molecule has 0 spiro atoms. The first-order valence-corrected chi connectivity index (χ1v) is 3.67. The van der Waals surface area contributed by atoms with Crippen molar-refractivity contribution in [1.82, 2.24) is 5.43 Å². The van der Waals surface area contributed by atoms with Crippen molar-refractivity contribution in [1.29, 1.82) is 0 Å². The Balaban J connectivity index is 3.92. The largest absolute Gasteiger partial charge is 0.361 e. The van der Waals surface area contributed by atoms with Crippen LogP contribution in [0.1, 0.15) is 0 Å². The number of hydrogen-bond donors (Lipinski definition) is 2. The molecule has 0 aromatic heterocycles. The molecule has 0 unspecified atom stereocenters. The standard InChI is InChI=1S/C4H4Cl3N3O2/c5-4(6,7)1-9-10-3(12)2(8)11/h1H,(H2,8,11)(H,10,12). The van der Waals surface area contributed by atoms with Gasteiger partial charge in [0.1, 0.15) is 0 Å². The summed E-state index contributed by atoms with van der Waals surface area (Å²) in [5.74, 6) is -2.25. The van der Waals surface area contributed by atoms with Gasteiger partial charge < -0.3 is 5.73 Å². The van der Waals surface area contributed by atoms with Gasteiger partial charge in [-0.2, -0.15) is 5.10 Å². The number of primary amides is 1. The van der Waals surface area contributed by atoms with Crippen molar-refractivity contribution >= 4 is 52.8 Å². The van der Waals surface area contributed by atoms with Crippen LogP contribution in [0.4, 0.5) is 0 Å². The summed E-state index contributed by atoms with van der Waals surface area (Å²) in [6, 6.07) is 0. The van der Waals surface area contributed by atoms with Gasteiger partial charge in [-0.1, -0.05) is 34.8 Å². The van der Waals surface area contributed by atoms with Gasteiger partial charge in [-0.3, -0.25) is 9.59 Å².